The highest BCUT2D eigenvalue weighted by atomic mass is 35.5. The molecule has 1 saturated heterocycles. The maximum Gasteiger partial charge on any atom is 0.258 e. The molecule has 1 fully saturated rings. The van der Waals surface area contributed by atoms with E-state index in [0.717, 1.165) is 5.69 Å². The Hall–Kier alpha value is -2.22. The Balaban J connectivity index is 1.53. The largest absolute Gasteiger partial charge is 0.310 e. The number of likely N-dealkylation sites (N-methyl/N-ethyl adjacent to an activating group) is 1. The molecule has 0 N–H and O–H groups in total. The van der Waals surface area contributed by atoms with Crippen molar-refractivity contribution in [2.24, 2.45) is 0 Å². The molecule has 1 aliphatic rings. The van der Waals surface area contributed by atoms with Crippen molar-refractivity contribution in [3.05, 3.63) is 63.0 Å². The fourth-order valence-corrected chi connectivity index (χ4v) is 4.29. The summed E-state index contributed by atoms with van der Waals surface area (Å²) in [6.45, 7) is 1.06. The van der Waals surface area contributed by atoms with E-state index in [-0.39, 0.29) is 17.5 Å². The van der Waals surface area contributed by atoms with Gasteiger partial charge in [-0.25, -0.2) is 4.98 Å². The second-order valence-corrected chi connectivity index (χ2v) is 7.58. The number of nitrogens with zero attached hydrogens (tertiary/aromatic N) is 4. The molecule has 134 valence electrons. The van der Waals surface area contributed by atoms with Gasteiger partial charge in [0.05, 0.1) is 22.4 Å². The Morgan fingerprint density at radius 2 is 2.15 bits per heavy atom. The van der Waals surface area contributed by atoms with Crippen LogP contribution in [-0.4, -0.2) is 39.8 Å². The van der Waals surface area contributed by atoms with Gasteiger partial charge in [-0.15, -0.1) is 11.3 Å². The minimum absolute atomic E-state index is 0.0227. The van der Waals surface area contributed by atoms with Crippen LogP contribution in [0.5, 0.6) is 0 Å². The van der Waals surface area contributed by atoms with Gasteiger partial charge < -0.3 is 4.90 Å². The highest BCUT2D eigenvalue weighted by Gasteiger charge is 2.36. The van der Waals surface area contributed by atoms with Crippen molar-refractivity contribution < 1.29 is 4.79 Å². The van der Waals surface area contributed by atoms with E-state index in [0.29, 0.717) is 35.2 Å². The van der Waals surface area contributed by atoms with Crippen LogP contribution in [0.4, 0.5) is 5.69 Å². The lowest BCUT2D eigenvalue weighted by Crippen LogP contribution is -2.39. The molecule has 0 bridgehead atoms. The first-order chi connectivity index (χ1) is 12.5. The standard InChI is InChI=1S/C18H17ClN4O2S/c1-21(11-12-10-16(24)23-8-9-26-18(23)20-12)15-6-7-22(17(15)25)14-5-3-2-4-13(14)19/h2-5,8-10,15H,6-7,11H2,1H3. The summed E-state index contributed by atoms with van der Waals surface area (Å²) in [4.78, 5) is 33.9. The van der Waals surface area contributed by atoms with E-state index in [1.165, 1.54) is 21.8 Å². The van der Waals surface area contributed by atoms with Gasteiger partial charge in [0.15, 0.2) is 4.96 Å². The molecule has 3 aromatic rings. The molecule has 0 saturated carbocycles. The maximum absolute atomic E-state index is 12.9. The Morgan fingerprint density at radius 1 is 1.35 bits per heavy atom. The van der Waals surface area contributed by atoms with Crippen molar-refractivity contribution in [2.45, 2.75) is 19.0 Å². The van der Waals surface area contributed by atoms with Gasteiger partial charge in [-0.2, -0.15) is 0 Å². The molecule has 1 aliphatic heterocycles. The molecule has 2 aromatic heterocycles. The summed E-state index contributed by atoms with van der Waals surface area (Å²) in [5.74, 6) is 0.0227. The summed E-state index contributed by atoms with van der Waals surface area (Å²) in [5.41, 5.74) is 1.31. The predicted octanol–water partition coefficient (Wildman–Crippen LogP) is 2.65. The molecule has 1 amide bonds. The third kappa shape index (κ3) is 3.02. The van der Waals surface area contributed by atoms with Crippen LogP contribution in [0.25, 0.3) is 4.96 Å². The van der Waals surface area contributed by atoms with Crippen LogP contribution < -0.4 is 10.5 Å². The van der Waals surface area contributed by atoms with E-state index in [1.54, 1.807) is 17.2 Å². The number of thiazole rings is 1. The number of carbonyl (C=O) groups excluding carboxylic acids is 1. The van der Waals surface area contributed by atoms with Crippen molar-refractivity contribution in [2.75, 3.05) is 18.5 Å². The van der Waals surface area contributed by atoms with Gasteiger partial charge in [0.1, 0.15) is 0 Å². The fraction of sp³-hybridized carbons (Fsp3) is 0.278. The number of hydrogen-bond donors (Lipinski definition) is 0. The van der Waals surface area contributed by atoms with E-state index < -0.39 is 0 Å². The number of hydrogen-bond acceptors (Lipinski definition) is 5. The molecule has 26 heavy (non-hydrogen) atoms. The molecule has 0 aliphatic carbocycles. The first-order valence-electron chi connectivity index (χ1n) is 8.26. The third-order valence-electron chi connectivity index (χ3n) is 4.62. The van der Waals surface area contributed by atoms with E-state index in [9.17, 15) is 9.59 Å². The SMILES string of the molecule is CN(Cc1cc(=O)n2ccsc2n1)C1CCN(c2ccccc2Cl)C1=O. The van der Waals surface area contributed by atoms with Crippen molar-refractivity contribution in [1.82, 2.24) is 14.3 Å². The highest BCUT2D eigenvalue weighted by molar-refractivity contribution is 7.15. The first kappa shape index (κ1) is 17.2. The fourth-order valence-electron chi connectivity index (χ4n) is 3.32. The molecule has 8 heteroatoms. The number of carbonyl (C=O) groups is 1. The molecule has 6 nitrogen and oxygen atoms in total. The van der Waals surface area contributed by atoms with Crippen LogP contribution >= 0.6 is 22.9 Å². The Kier molecular flexibility index (Phi) is 4.52. The number of fused-ring (bicyclic) bond motifs is 1. The van der Waals surface area contributed by atoms with Gasteiger partial charge in [-0.05, 0) is 25.6 Å². The van der Waals surface area contributed by atoms with Gasteiger partial charge in [-0.3, -0.25) is 18.9 Å². The topological polar surface area (TPSA) is 57.9 Å². The molecule has 1 unspecified atom stereocenters. The van der Waals surface area contributed by atoms with Crippen LogP contribution in [0.3, 0.4) is 0 Å². The lowest BCUT2D eigenvalue weighted by atomic mass is 10.2. The van der Waals surface area contributed by atoms with Crippen LogP contribution in [-0.2, 0) is 11.3 Å². The summed E-state index contributed by atoms with van der Waals surface area (Å²) in [6.07, 6.45) is 2.42. The number of rotatable bonds is 4. The second kappa shape index (κ2) is 6.83. The Bertz CT molecular complexity index is 1030. The molecular weight excluding hydrogens is 372 g/mol. The summed E-state index contributed by atoms with van der Waals surface area (Å²) < 4.78 is 1.52. The van der Waals surface area contributed by atoms with Crippen molar-refractivity contribution in [3.8, 4) is 0 Å². The van der Waals surface area contributed by atoms with E-state index in [1.807, 2.05) is 35.5 Å². The van der Waals surface area contributed by atoms with Crippen LogP contribution in [0, 0.1) is 0 Å². The molecule has 0 radical (unpaired) electrons. The zero-order valence-electron chi connectivity index (χ0n) is 14.1. The average Bonchev–Trinajstić information content (AvgIpc) is 3.22. The zero-order chi connectivity index (χ0) is 18.3. The molecule has 4 rings (SSSR count). The number of anilines is 1. The third-order valence-corrected chi connectivity index (χ3v) is 5.70. The minimum atomic E-state index is -0.255. The van der Waals surface area contributed by atoms with E-state index >= 15 is 0 Å². The van der Waals surface area contributed by atoms with Crippen LogP contribution in [0.2, 0.25) is 5.02 Å². The predicted molar refractivity (Wildman–Crippen MR) is 103 cm³/mol. The number of aromatic nitrogens is 2. The van der Waals surface area contributed by atoms with E-state index in [4.69, 9.17) is 11.6 Å². The Morgan fingerprint density at radius 3 is 2.96 bits per heavy atom. The molecule has 3 heterocycles. The Labute approximate surface area is 159 Å². The minimum Gasteiger partial charge on any atom is -0.310 e. The summed E-state index contributed by atoms with van der Waals surface area (Å²) in [7, 11) is 1.89. The van der Waals surface area contributed by atoms with Gasteiger partial charge >= 0.3 is 0 Å². The lowest BCUT2D eigenvalue weighted by molar-refractivity contribution is -0.121. The lowest BCUT2D eigenvalue weighted by Gasteiger charge is -2.23. The van der Waals surface area contributed by atoms with Crippen LogP contribution in [0.15, 0.2) is 46.7 Å². The monoisotopic (exact) mass is 388 g/mol. The van der Waals surface area contributed by atoms with Gasteiger partial charge in [-0.1, -0.05) is 23.7 Å². The summed E-state index contributed by atoms with van der Waals surface area (Å²) in [5, 5.41) is 2.40. The number of para-hydroxylation sites is 1. The smallest absolute Gasteiger partial charge is 0.258 e. The summed E-state index contributed by atoms with van der Waals surface area (Å²) >= 11 is 7.65. The highest BCUT2D eigenvalue weighted by Crippen LogP contribution is 2.30. The number of halogens is 1. The molecule has 1 aromatic carbocycles. The number of amides is 1. The quantitative estimate of drug-likeness (QED) is 0.689. The van der Waals surface area contributed by atoms with Crippen molar-refractivity contribution in [3.63, 3.8) is 0 Å². The zero-order valence-corrected chi connectivity index (χ0v) is 15.7. The molecule has 1 atom stereocenters. The first-order valence-corrected chi connectivity index (χ1v) is 9.52. The van der Waals surface area contributed by atoms with Crippen molar-refractivity contribution in [1.29, 1.82) is 0 Å². The normalized spacial score (nSPS) is 17.6. The average molecular weight is 389 g/mol. The van der Waals surface area contributed by atoms with Crippen LogP contribution in [0.1, 0.15) is 12.1 Å². The second-order valence-electron chi connectivity index (χ2n) is 6.30. The van der Waals surface area contributed by atoms with Gasteiger partial charge in [0.25, 0.3) is 5.56 Å². The number of benzene rings is 1. The van der Waals surface area contributed by atoms with Gasteiger partial charge in [0, 0.05) is 30.7 Å². The molecule has 0 spiro atoms. The van der Waals surface area contributed by atoms with Crippen molar-refractivity contribution >= 4 is 39.5 Å². The van der Waals surface area contributed by atoms with Gasteiger partial charge in [0.2, 0.25) is 5.91 Å². The summed E-state index contributed by atoms with van der Waals surface area (Å²) in [6, 6.07) is 8.64. The molecular formula is C18H17ClN4O2S. The maximum atomic E-state index is 12.9. The van der Waals surface area contributed by atoms with E-state index in [2.05, 4.69) is 4.98 Å².